The molecule has 0 aliphatic rings. The molecule has 2 aromatic heterocycles. The Morgan fingerprint density at radius 3 is 2.68 bits per heavy atom. The average molecular weight is 294 g/mol. The van der Waals surface area contributed by atoms with E-state index in [0.717, 1.165) is 11.4 Å². The molecule has 7 heteroatoms. The molecule has 0 spiro atoms. The molecule has 2 heterocycles. The highest BCUT2D eigenvalue weighted by molar-refractivity contribution is 5.77. The Morgan fingerprint density at radius 2 is 1.91 bits per heavy atom. The normalized spacial score (nSPS) is 10.4. The molecule has 0 radical (unpaired) electrons. The SMILES string of the molecule is O=C(Cc1ccccn1)NCc1nnnn1-c1ccccc1. The molecule has 3 aromatic rings. The summed E-state index contributed by atoms with van der Waals surface area (Å²) in [5.41, 5.74) is 1.57. The van der Waals surface area contributed by atoms with Crippen molar-refractivity contribution in [3.63, 3.8) is 0 Å². The summed E-state index contributed by atoms with van der Waals surface area (Å²) in [5, 5.41) is 14.3. The van der Waals surface area contributed by atoms with E-state index in [-0.39, 0.29) is 18.9 Å². The van der Waals surface area contributed by atoms with Crippen LogP contribution >= 0.6 is 0 Å². The van der Waals surface area contributed by atoms with Gasteiger partial charge in [-0.25, -0.2) is 0 Å². The minimum atomic E-state index is -0.124. The fraction of sp³-hybridized carbons (Fsp3) is 0.133. The molecule has 0 saturated carbocycles. The van der Waals surface area contributed by atoms with E-state index < -0.39 is 0 Å². The molecule has 0 atom stereocenters. The van der Waals surface area contributed by atoms with Crippen LogP contribution in [0.1, 0.15) is 11.5 Å². The Bertz CT molecular complexity index is 741. The van der Waals surface area contributed by atoms with E-state index in [9.17, 15) is 4.79 Å². The van der Waals surface area contributed by atoms with Crippen molar-refractivity contribution in [1.82, 2.24) is 30.5 Å². The molecule has 0 aliphatic carbocycles. The average Bonchev–Trinajstić information content (AvgIpc) is 3.03. The first-order valence-electron chi connectivity index (χ1n) is 6.82. The summed E-state index contributed by atoms with van der Waals surface area (Å²) in [5.74, 6) is 0.446. The van der Waals surface area contributed by atoms with Gasteiger partial charge in [-0.05, 0) is 34.7 Å². The lowest BCUT2D eigenvalue weighted by Crippen LogP contribution is -2.26. The number of hydrogen-bond donors (Lipinski definition) is 1. The van der Waals surface area contributed by atoms with Gasteiger partial charge in [-0.2, -0.15) is 4.68 Å². The maximum absolute atomic E-state index is 11.9. The molecule has 1 amide bonds. The van der Waals surface area contributed by atoms with Crippen LogP contribution in [0.25, 0.3) is 5.69 Å². The molecule has 1 aromatic carbocycles. The van der Waals surface area contributed by atoms with Gasteiger partial charge in [0.25, 0.3) is 0 Å². The number of carbonyl (C=O) groups is 1. The van der Waals surface area contributed by atoms with E-state index in [1.807, 2.05) is 48.5 Å². The highest BCUT2D eigenvalue weighted by atomic mass is 16.1. The van der Waals surface area contributed by atoms with Crippen molar-refractivity contribution in [2.75, 3.05) is 0 Å². The van der Waals surface area contributed by atoms with Gasteiger partial charge in [0.1, 0.15) is 0 Å². The van der Waals surface area contributed by atoms with Gasteiger partial charge >= 0.3 is 0 Å². The highest BCUT2D eigenvalue weighted by Crippen LogP contribution is 2.06. The molecule has 7 nitrogen and oxygen atoms in total. The van der Waals surface area contributed by atoms with Crippen molar-refractivity contribution in [2.24, 2.45) is 0 Å². The maximum atomic E-state index is 11.9. The molecular weight excluding hydrogens is 280 g/mol. The smallest absolute Gasteiger partial charge is 0.226 e. The minimum Gasteiger partial charge on any atom is -0.348 e. The summed E-state index contributed by atoms with van der Waals surface area (Å²) in [6.07, 6.45) is 1.90. The molecular formula is C15H14N6O. The van der Waals surface area contributed by atoms with Gasteiger partial charge in [-0.15, -0.1) is 5.10 Å². The number of rotatable bonds is 5. The van der Waals surface area contributed by atoms with Crippen LogP contribution in [0.5, 0.6) is 0 Å². The van der Waals surface area contributed by atoms with Crippen molar-refractivity contribution in [2.45, 2.75) is 13.0 Å². The van der Waals surface area contributed by atoms with E-state index in [1.165, 1.54) is 0 Å². The zero-order valence-electron chi connectivity index (χ0n) is 11.8. The quantitative estimate of drug-likeness (QED) is 0.756. The summed E-state index contributed by atoms with van der Waals surface area (Å²) in [4.78, 5) is 16.0. The number of aromatic nitrogens is 5. The predicted molar refractivity (Wildman–Crippen MR) is 78.9 cm³/mol. The van der Waals surface area contributed by atoms with Crippen molar-refractivity contribution in [1.29, 1.82) is 0 Å². The monoisotopic (exact) mass is 294 g/mol. The van der Waals surface area contributed by atoms with E-state index >= 15 is 0 Å². The van der Waals surface area contributed by atoms with Crippen molar-refractivity contribution in [3.05, 3.63) is 66.2 Å². The third-order valence-corrected chi connectivity index (χ3v) is 3.05. The van der Waals surface area contributed by atoms with E-state index in [1.54, 1.807) is 10.9 Å². The minimum absolute atomic E-state index is 0.124. The first kappa shape index (κ1) is 13.9. The summed E-state index contributed by atoms with van der Waals surface area (Å²) >= 11 is 0. The fourth-order valence-corrected chi connectivity index (χ4v) is 1.99. The van der Waals surface area contributed by atoms with Crippen LogP contribution in [0, 0.1) is 0 Å². The summed E-state index contributed by atoms with van der Waals surface area (Å²) in [6.45, 7) is 0.258. The molecule has 0 bridgehead atoms. The lowest BCUT2D eigenvalue weighted by atomic mass is 10.2. The van der Waals surface area contributed by atoms with Gasteiger partial charge < -0.3 is 5.32 Å². The Kier molecular flexibility index (Phi) is 4.15. The topological polar surface area (TPSA) is 85.6 Å². The van der Waals surface area contributed by atoms with Crippen molar-refractivity contribution < 1.29 is 4.79 Å². The molecule has 1 N–H and O–H groups in total. The number of amides is 1. The number of nitrogens with one attached hydrogen (secondary N) is 1. The summed E-state index contributed by atoms with van der Waals surface area (Å²) < 4.78 is 1.60. The number of para-hydroxylation sites is 1. The number of carbonyl (C=O) groups excluding carboxylic acids is 1. The first-order chi connectivity index (χ1) is 10.8. The zero-order chi connectivity index (χ0) is 15.2. The van der Waals surface area contributed by atoms with Crippen LogP contribution in [-0.2, 0) is 17.8 Å². The molecule has 3 rings (SSSR count). The van der Waals surface area contributed by atoms with Gasteiger partial charge in [0.05, 0.1) is 18.7 Å². The zero-order valence-corrected chi connectivity index (χ0v) is 11.8. The van der Waals surface area contributed by atoms with Crippen molar-refractivity contribution in [3.8, 4) is 5.69 Å². The molecule has 0 fully saturated rings. The van der Waals surface area contributed by atoms with Crippen LogP contribution < -0.4 is 5.32 Å². The molecule has 0 saturated heterocycles. The maximum Gasteiger partial charge on any atom is 0.226 e. The molecule has 0 aliphatic heterocycles. The Labute approximate surface area is 127 Å². The van der Waals surface area contributed by atoms with Crippen LogP contribution in [-0.4, -0.2) is 31.1 Å². The molecule has 0 unspecified atom stereocenters. The third-order valence-electron chi connectivity index (χ3n) is 3.05. The van der Waals surface area contributed by atoms with E-state index in [2.05, 4.69) is 25.8 Å². The second-order valence-corrected chi connectivity index (χ2v) is 4.62. The number of nitrogens with zero attached hydrogens (tertiary/aromatic N) is 5. The summed E-state index contributed by atoms with van der Waals surface area (Å²) in [6, 6.07) is 15.0. The van der Waals surface area contributed by atoms with Gasteiger partial charge in [0.2, 0.25) is 5.91 Å². The second-order valence-electron chi connectivity index (χ2n) is 4.62. The molecule has 22 heavy (non-hydrogen) atoms. The predicted octanol–water partition coefficient (Wildman–Crippen LogP) is 0.916. The number of hydrogen-bond acceptors (Lipinski definition) is 5. The number of tetrazole rings is 1. The fourth-order valence-electron chi connectivity index (χ4n) is 1.99. The molecule has 110 valence electrons. The van der Waals surface area contributed by atoms with E-state index in [0.29, 0.717) is 5.82 Å². The van der Waals surface area contributed by atoms with Gasteiger partial charge in [0.15, 0.2) is 5.82 Å². The number of benzene rings is 1. The second kappa shape index (κ2) is 6.57. The van der Waals surface area contributed by atoms with Gasteiger partial charge in [0, 0.05) is 11.9 Å². The Morgan fingerprint density at radius 1 is 1.09 bits per heavy atom. The van der Waals surface area contributed by atoms with Crippen LogP contribution in [0.3, 0.4) is 0 Å². The van der Waals surface area contributed by atoms with Gasteiger partial charge in [-0.1, -0.05) is 24.3 Å². The van der Waals surface area contributed by atoms with Crippen LogP contribution in [0.4, 0.5) is 0 Å². The van der Waals surface area contributed by atoms with E-state index in [4.69, 9.17) is 0 Å². The lowest BCUT2D eigenvalue weighted by Gasteiger charge is -2.06. The summed E-state index contributed by atoms with van der Waals surface area (Å²) in [7, 11) is 0. The first-order valence-corrected chi connectivity index (χ1v) is 6.82. The van der Waals surface area contributed by atoms with Crippen LogP contribution in [0.2, 0.25) is 0 Å². The lowest BCUT2D eigenvalue weighted by molar-refractivity contribution is -0.120. The standard InChI is InChI=1S/C15H14N6O/c22-15(10-12-6-4-5-9-16-12)17-11-14-18-19-20-21(14)13-7-2-1-3-8-13/h1-9H,10-11H2,(H,17,22). The van der Waals surface area contributed by atoms with Crippen molar-refractivity contribution >= 4 is 5.91 Å². The van der Waals surface area contributed by atoms with Crippen LogP contribution in [0.15, 0.2) is 54.7 Å². The highest BCUT2D eigenvalue weighted by Gasteiger charge is 2.10. The largest absolute Gasteiger partial charge is 0.348 e. The number of pyridine rings is 1. The Balaban J connectivity index is 1.63. The van der Waals surface area contributed by atoms with Gasteiger partial charge in [-0.3, -0.25) is 9.78 Å². The third kappa shape index (κ3) is 3.32. The Hall–Kier alpha value is -3.09.